The van der Waals surface area contributed by atoms with Crippen LogP contribution >= 0.6 is 0 Å². The maximum atomic E-state index is 12.9. The zero-order valence-corrected chi connectivity index (χ0v) is 14.1. The number of amides is 1. The van der Waals surface area contributed by atoms with Crippen molar-refractivity contribution >= 4 is 11.7 Å². The van der Waals surface area contributed by atoms with Crippen molar-refractivity contribution in [2.45, 2.75) is 25.0 Å². The molecule has 0 saturated carbocycles. The number of ketones is 1. The molecule has 134 valence electrons. The van der Waals surface area contributed by atoms with Crippen molar-refractivity contribution in [2.24, 2.45) is 0 Å². The van der Waals surface area contributed by atoms with E-state index in [-0.39, 0.29) is 17.4 Å². The molecule has 2 aromatic rings. The van der Waals surface area contributed by atoms with Crippen LogP contribution in [0.2, 0.25) is 0 Å². The summed E-state index contributed by atoms with van der Waals surface area (Å²) in [6, 6.07) is 11.7. The van der Waals surface area contributed by atoms with E-state index in [0.29, 0.717) is 13.2 Å². The SMILES string of the molecule is O=C(C1=C(O)C(=O)N(C[C@H]2CCCO2)[C@H]1c1ccccc1)c1ccco1. The second kappa shape index (κ2) is 6.80. The van der Waals surface area contributed by atoms with E-state index < -0.39 is 23.5 Å². The van der Waals surface area contributed by atoms with Crippen LogP contribution < -0.4 is 0 Å². The Bertz CT molecular complexity index is 834. The first kappa shape index (κ1) is 16.6. The van der Waals surface area contributed by atoms with Gasteiger partial charge in [-0.1, -0.05) is 30.3 Å². The van der Waals surface area contributed by atoms with Gasteiger partial charge in [0.25, 0.3) is 5.91 Å². The maximum absolute atomic E-state index is 12.9. The summed E-state index contributed by atoms with van der Waals surface area (Å²) in [5, 5.41) is 10.5. The second-order valence-electron chi connectivity index (χ2n) is 6.47. The zero-order chi connectivity index (χ0) is 18.1. The van der Waals surface area contributed by atoms with E-state index in [1.54, 1.807) is 6.07 Å². The maximum Gasteiger partial charge on any atom is 0.290 e. The molecule has 0 radical (unpaired) electrons. The highest BCUT2D eigenvalue weighted by Gasteiger charge is 2.45. The molecule has 4 rings (SSSR count). The quantitative estimate of drug-likeness (QED) is 0.836. The topological polar surface area (TPSA) is 80.0 Å². The lowest BCUT2D eigenvalue weighted by Gasteiger charge is -2.28. The minimum atomic E-state index is -0.662. The first-order valence-corrected chi connectivity index (χ1v) is 8.65. The third kappa shape index (κ3) is 2.82. The largest absolute Gasteiger partial charge is 0.503 e. The molecular weight excluding hydrogens is 334 g/mol. The van der Waals surface area contributed by atoms with Crippen molar-refractivity contribution in [1.82, 2.24) is 4.90 Å². The summed E-state index contributed by atoms with van der Waals surface area (Å²) in [5.41, 5.74) is 0.812. The summed E-state index contributed by atoms with van der Waals surface area (Å²) in [4.78, 5) is 27.2. The van der Waals surface area contributed by atoms with Gasteiger partial charge in [0.2, 0.25) is 5.78 Å². The molecule has 2 aliphatic rings. The number of hydrogen-bond donors (Lipinski definition) is 1. The molecule has 1 aromatic heterocycles. The molecular formula is C20H19NO5. The van der Waals surface area contributed by atoms with Gasteiger partial charge in [-0.25, -0.2) is 0 Å². The average molecular weight is 353 g/mol. The number of rotatable bonds is 5. The van der Waals surface area contributed by atoms with Crippen molar-refractivity contribution in [3.8, 4) is 0 Å². The number of aliphatic hydroxyl groups is 1. The van der Waals surface area contributed by atoms with Crippen LogP contribution in [0.15, 0.2) is 64.5 Å². The van der Waals surface area contributed by atoms with Gasteiger partial charge in [0, 0.05) is 13.2 Å². The normalized spacial score (nSPS) is 23.1. The van der Waals surface area contributed by atoms with Crippen LogP contribution in [0.1, 0.15) is 35.0 Å². The number of Topliss-reactive ketones (excluding diaryl/α,β-unsaturated/α-hetero) is 1. The van der Waals surface area contributed by atoms with Crippen LogP contribution in [0.3, 0.4) is 0 Å². The van der Waals surface area contributed by atoms with Crippen molar-refractivity contribution in [3.63, 3.8) is 0 Å². The highest BCUT2D eigenvalue weighted by Crippen LogP contribution is 2.39. The van der Waals surface area contributed by atoms with Crippen LogP contribution in [0.5, 0.6) is 0 Å². The Balaban J connectivity index is 1.74. The van der Waals surface area contributed by atoms with Gasteiger partial charge >= 0.3 is 0 Å². The van der Waals surface area contributed by atoms with E-state index in [0.717, 1.165) is 18.4 Å². The van der Waals surface area contributed by atoms with Gasteiger partial charge in [0.1, 0.15) is 0 Å². The third-order valence-corrected chi connectivity index (χ3v) is 4.83. The Hall–Kier alpha value is -2.86. The number of furan rings is 1. The van der Waals surface area contributed by atoms with E-state index in [1.807, 2.05) is 30.3 Å². The number of aliphatic hydroxyl groups excluding tert-OH is 1. The van der Waals surface area contributed by atoms with Gasteiger partial charge in [0.15, 0.2) is 11.5 Å². The molecule has 1 saturated heterocycles. The summed E-state index contributed by atoms with van der Waals surface area (Å²) in [6.07, 6.45) is 3.10. The third-order valence-electron chi connectivity index (χ3n) is 4.83. The number of hydrogen-bond acceptors (Lipinski definition) is 5. The van der Waals surface area contributed by atoms with E-state index >= 15 is 0 Å². The Labute approximate surface area is 150 Å². The molecule has 26 heavy (non-hydrogen) atoms. The number of nitrogens with zero attached hydrogens (tertiary/aromatic N) is 1. The van der Waals surface area contributed by atoms with E-state index in [9.17, 15) is 14.7 Å². The predicted octanol–water partition coefficient (Wildman–Crippen LogP) is 3.04. The zero-order valence-electron chi connectivity index (χ0n) is 14.1. The molecule has 0 spiro atoms. The van der Waals surface area contributed by atoms with Crippen molar-refractivity contribution < 1.29 is 23.8 Å². The second-order valence-corrected chi connectivity index (χ2v) is 6.47. The number of benzene rings is 1. The Kier molecular flexibility index (Phi) is 4.34. The molecule has 1 amide bonds. The Morgan fingerprint density at radius 2 is 2.00 bits per heavy atom. The molecule has 1 N–H and O–H groups in total. The predicted molar refractivity (Wildman–Crippen MR) is 92.6 cm³/mol. The average Bonchev–Trinajstić information content (AvgIpc) is 3.40. The highest BCUT2D eigenvalue weighted by atomic mass is 16.5. The summed E-state index contributed by atoms with van der Waals surface area (Å²) >= 11 is 0. The monoisotopic (exact) mass is 353 g/mol. The summed E-state index contributed by atoms with van der Waals surface area (Å²) in [6.45, 7) is 0.998. The minimum Gasteiger partial charge on any atom is -0.503 e. The lowest BCUT2D eigenvalue weighted by Crippen LogP contribution is -2.37. The molecule has 1 fully saturated rings. The number of carbonyl (C=O) groups is 2. The van der Waals surface area contributed by atoms with Crippen LogP contribution in [-0.4, -0.2) is 41.0 Å². The smallest absolute Gasteiger partial charge is 0.290 e. The minimum absolute atomic E-state index is 0.0501. The Morgan fingerprint density at radius 1 is 1.19 bits per heavy atom. The fourth-order valence-corrected chi connectivity index (χ4v) is 3.60. The van der Waals surface area contributed by atoms with Crippen molar-refractivity contribution in [1.29, 1.82) is 0 Å². The van der Waals surface area contributed by atoms with E-state index in [1.165, 1.54) is 17.2 Å². The van der Waals surface area contributed by atoms with Gasteiger partial charge in [-0.3, -0.25) is 9.59 Å². The summed E-state index contributed by atoms with van der Waals surface area (Å²) in [5.74, 6) is -1.45. The fourth-order valence-electron chi connectivity index (χ4n) is 3.60. The van der Waals surface area contributed by atoms with Gasteiger partial charge in [-0.2, -0.15) is 0 Å². The molecule has 0 unspecified atom stereocenters. The van der Waals surface area contributed by atoms with Crippen LogP contribution in [0.4, 0.5) is 0 Å². The van der Waals surface area contributed by atoms with E-state index in [2.05, 4.69) is 0 Å². The molecule has 2 aliphatic heterocycles. The number of ether oxygens (including phenoxy) is 1. The molecule has 6 nitrogen and oxygen atoms in total. The first-order valence-electron chi connectivity index (χ1n) is 8.65. The lowest BCUT2D eigenvalue weighted by atomic mass is 9.95. The van der Waals surface area contributed by atoms with Gasteiger partial charge in [-0.15, -0.1) is 0 Å². The molecule has 6 heteroatoms. The molecule has 3 heterocycles. The number of carbonyl (C=O) groups excluding carboxylic acids is 2. The lowest BCUT2D eigenvalue weighted by molar-refractivity contribution is -0.131. The molecule has 2 atom stereocenters. The van der Waals surface area contributed by atoms with E-state index in [4.69, 9.17) is 9.15 Å². The molecule has 0 bridgehead atoms. The summed E-state index contributed by atoms with van der Waals surface area (Å²) < 4.78 is 10.8. The summed E-state index contributed by atoms with van der Waals surface area (Å²) in [7, 11) is 0. The Morgan fingerprint density at radius 3 is 2.65 bits per heavy atom. The van der Waals surface area contributed by atoms with Crippen molar-refractivity contribution in [2.75, 3.05) is 13.2 Å². The van der Waals surface area contributed by atoms with Gasteiger partial charge in [-0.05, 0) is 30.5 Å². The van der Waals surface area contributed by atoms with Crippen molar-refractivity contribution in [3.05, 3.63) is 71.4 Å². The standard InChI is InChI=1S/C20H19NO5/c22-18(15-9-5-11-26-15)16-17(13-6-2-1-3-7-13)21(20(24)19(16)23)12-14-8-4-10-25-14/h1-3,5-7,9,11,14,17,23H,4,8,10,12H2/t14-,17+/m1/s1. The van der Waals surface area contributed by atoms with Crippen LogP contribution in [0, 0.1) is 0 Å². The molecule has 0 aliphatic carbocycles. The van der Waals surface area contributed by atoms with Gasteiger partial charge < -0.3 is 19.2 Å². The fraction of sp³-hybridized carbons (Fsp3) is 0.300. The first-order chi connectivity index (χ1) is 12.7. The van der Waals surface area contributed by atoms with Crippen LogP contribution in [0.25, 0.3) is 0 Å². The molecule has 1 aromatic carbocycles. The highest BCUT2D eigenvalue weighted by molar-refractivity contribution is 6.15. The van der Waals surface area contributed by atoms with Gasteiger partial charge in [0.05, 0.1) is 24.0 Å². The van der Waals surface area contributed by atoms with Crippen LogP contribution in [-0.2, 0) is 9.53 Å².